The monoisotopic (exact) mass is 350 g/mol. The molecule has 2 aliphatic heterocycles. The molecule has 0 saturated heterocycles. The minimum atomic E-state index is 1.03. The maximum absolute atomic E-state index is 3.65. The Labute approximate surface area is 157 Å². The van der Waals surface area contributed by atoms with Gasteiger partial charge in [0.25, 0.3) is 0 Å². The molecule has 0 bridgehead atoms. The molecule has 0 amide bonds. The zero-order valence-corrected chi connectivity index (χ0v) is 16.3. The molecule has 26 heavy (non-hydrogen) atoms. The van der Waals surface area contributed by atoms with Crippen LogP contribution in [0.25, 0.3) is 0 Å². The average Bonchev–Trinajstić information content (AvgIpc) is 3.36. The van der Waals surface area contributed by atoms with Crippen molar-refractivity contribution in [1.29, 1.82) is 0 Å². The number of unbranched alkanes of at least 4 members (excludes halogenated alkanes) is 2. The number of nitrogens with one attached hydrogen (secondary N) is 1. The molecular weight excluding hydrogens is 320 g/mol. The number of nitrogens with zero attached hydrogens (tertiary/aromatic N) is 3. The quantitative estimate of drug-likeness (QED) is 0.773. The van der Waals surface area contributed by atoms with E-state index < -0.39 is 0 Å². The van der Waals surface area contributed by atoms with Crippen molar-refractivity contribution in [3.8, 4) is 0 Å². The van der Waals surface area contributed by atoms with E-state index in [2.05, 4.69) is 77.3 Å². The van der Waals surface area contributed by atoms with E-state index in [4.69, 9.17) is 0 Å². The Morgan fingerprint density at radius 3 is 2.12 bits per heavy atom. The zero-order chi connectivity index (χ0) is 18.1. The highest BCUT2D eigenvalue weighted by Gasteiger charge is 2.31. The molecule has 1 aromatic rings. The SMILES string of the molecule is CCCCN1CN(CCCC)c2cc3c(cc21)NC(=C1C=CC=C1)N3C. The number of hydrogen-bond donors (Lipinski definition) is 1. The van der Waals surface area contributed by atoms with Gasteiger partial charge in [-0.05, 0) is 25.0 Å². The van der Waals surface area contributed by atoms with Crippen LogP contribution in [-0.4, -0.2) is 26.8 Å². The third-order valence-corrected chi connectivity index (χ3v) is 5.56. The van der Waals surface area contributed by atoms with Crippen LogP contribution in [0.15, 0.2) is 47.8 Å². The zero-order valence-electron chi connectivity index (χ0n) is 16.3. The fourth-order valence-electron chi connectivity index (χ4n) is 4.02. The molecular formula is C22H30N4. The van der Waals surface area contributed by atoms with E-state index >= 15 is 0 Å². The molecule has 1 N–H and O–H groups in total. The standard InChI is InChI=1S/C22H30N4/c1-4-6-12-25-16-26(13-7-5-2)21-15-19-18(14-20(21)25)23-22(24(19)3)17-10-8-9-11-17/h8-11,14-15,23H,4-7,12-13,16H2,1-3H3. The topological polar surface area (TPSA) is 21.8 Å². The fourth-order valence-corrected chi connectivity index (χ4v) is 4.02. The van der Waals surface area contributed by atoms with Gasteiger partial charge in [-0.2, -0.15) is 0 Å². The van der Waals surface area contributed by atoms with Gasteiger partial charge in [0, 0.05) is 25.7 Å². The number of anilines is 4. The molecule has 0 atom stereocenters. The van der Waals surface area contributed by atoms with Crippen LogP contribution in [0.2, 0.25) is 0 Å². The highest BCUT2D eigenvalue weighted by molar-refractivity contribution is 5.92. The van der Waals surface area contributed by atoms with Gasteiger partial charge in [-0.15, -0.1) is 0 Å². The van der Waals surface area contributed by atoms with E-state index in [1.54, 1.807) is 0 Å². The van der Waals surface area contributed by atoms with Crippen LogP contribution in [0, 0.1) is 0 Å². The van der Waals surface area contributed by atoms with E-state index in [1.165, 1.54) is 59.8 Å². The van der Waals surface area contributed by atoms with Gasteiger partial charge in [0.1, 0.15) is 5.82 Å². The Hall–Kier alpha value is -2.36. The third kappa shape index (κ3) is 2.87. The second kappa shape index (κ2) is 7.10. The molecule has 0 saturated carbocycles. The summed E-state index contributed by atoms with van der Waals surface area (Å²) in [5.74, 6) is 1.17. The highest BCUT2D eigenvalue weighted by Crippen LogP contribution is 2.47. The van der Waals surface area contributed by atoms with Crippen molar-refractivity contribution in [2.24, 2.45) is 0 Å². The maximum Gasteiger partial charge on any atom is 0.118 e. The highest BCUT2D eigenvalue weighted by atomic mass is 15.4. The molecule has 4 nitrogen and oxygen atoms in total. The van der Waals surface area contributed by atoms with E-state index in [0.29, 0.717) is 0 Å². The second-order valence-corrected chi connectivity index (χ2v) is 7.44. The van der Waals surface area contributed by atoms with Crippen LogP contribution < -0.4 is 20.0 Å². The van der Waals surface area contributed by atoms with Gasteiger partial charge in [0.2, 0.25) is 0 Å². The van der Waals surface area contributed by atoms with E-state index in [9.17, 15) is 0 Å². The van der Waals surface area contributed by atoms with Crippen molar-refractivity contribution in [3.63, 3.8) is 0 Å². The summed E-state index contributed by atoms with van der Waals surface area (Å²) in [7, 11) is 2.16. The van der Waals surface area contributed by atoms with Crippen LogP contribution in [0.3, 0.4) is 0 Å². The summed E-state index contributed by atoms with van der Waals surface area (Å²) in [4.78, 5) is 7.40. The second-order valence-electron chi connectivity index (χ2n) is 7.44. The molecule has 0 fully saturated rings. The summed E-state index contributed by atoms with van der Waals surface area (Å²) in [5, 5.41) is 3.65. The fraction of sp³-hybridized carbons (Fsp3) is 0.455. The number of rotatable bonds is 6. The Balaban J connectivity index is 1.69. The molecule has 1 aliphatic carbocycles. The smallest absolute Gasteiger partial charge is 0.118 e. The van der Waals surface area contributed by atoms with E-state index in [0.717, 1.165) is 19.8 Å². The summed E-state index contributed by atoms with van der Waals surface area (Å²) >= 11 is 0. The molecule has 0 spiro atoms. The lowest BCUT2D eigenvalue weighted by molar-refractivity contribution is 0.686. The van der Waals surface area contributed by atoms with Crippen LogP contribution in [-0.2, 0) is 0 Å². The summed E-state index contributed by atoms with van der Waals surface area (Å²) in [6.45, 7) is 7.85. The van der Waals surface area contributed by atoms with Crippen LogP contribution in [0.4, 0.5) is 22.7 Å². The van der Waals surface area contributed by atoms with Gasteiger partial charge in [0.05, 0.1) is 29.4 Å². The number of allylic oxidation sites excluding steroid dienone is 5. The van der Waals surface area contributed by atoms with Gasteiger partial charge in [-0.3, -0.25) is 0 Å². The third-order valence-electron chi connectivity index (χ3n) is 5.56. The number of benzene rings is 1. The van der Waals surface area contributed by atoms with Crippen molar-refractivity contribution in [2.45, 2.75) is 39.5 Å². The summed E-state index contributed by atoms with van der Waals surface area (Å²) in [5.41, 5.74) is 6.53. The molecule has 0 radical (unpaired) electrons. The lowest BCUT2D eigenvalue weighted by Gasteiger charge is -2.21. The van der Waals surface area contributed by atoms with Crippen LogP contribution in [0.5, 0.6) is 0 Å². The molecule has 0 aromatic heterocycles. The molecule has 4 rings (SSSR count). The lowest BCUT2D eigenvalue weighted by atomic mass is 10.2. The first-order valence-corrected chi connectivity index (χ1v) is 10.0. The maximum atomic E-state index is 3.65. The molecule has 3 aliphatic rings. The van der Waals surface area contributed by atoms with Gasteiger partial charge in [0.15, 0.2) is 0 Å². The normalized spacial score (nSPS) is 17.4. The summed E-state index contributed by atoms with van der Waals surface area (Å²) in [6, 6.07) is 4.74. The minimum Gasteiger partial charge on any atom is -0.352 e. The Bertz CT molecular complexity index is 761. The molecule has 1 aromatic carbocycles. The van der Waals surface area contributed by atoms with E-state index in [1.807, 2.05) is 0 Å². The summed E-state index contributed by atoms with van der Waals surface area (Å²) in [6.07, 6.45) is 13.5. The van der Waals surface area contributed by atoms with Gasteiger partial charge in [-0.1, -0.05) is 51.0 Å². The van der Waals surface area contributed by atoms with Crippen molar-refractivity contribution < 1.29 is 0 Å². The van der Waals surface area contributed by atoms with Crippen molar-refractivity contribution in [1.82, 2.24) is 0 Å². The minimum absolute atomic E-state index is 1.03. The first kappa shape index (κ1) is 17.1. The first-order valence-electron chi connectivity index (χ1n) is 10.0. The first-order chi connectivity index (χ1) is 12.7. The molecule has 0 unspecified atom stereocenters. The Morgan fingerprint density at radius 2 is 1.50 bits per heavy atom. The predicted molar refractivity (Wildman–Crippen MR) is 113 cm³/mol. The molecule has 4 heteroatoms. The molecule has 2 heterocycles. The van der Waals surface area contributed by atoms with Crippen LogP contribution in [0.1, 0.15) is 39.5 Å². The Morgan fingerprint density at radius 1 is 0.885 bits per heavy atom. The van der Waals surface area contributed by atoms with Gasteiger partial charge < -0.3 is 20.0 Å². The van der Waals surface area contributed by atoms with Gasteiger partial charge >= 0.3 is 0 Å². The predicted octanol–water partition coefficient (Wildman–Crippen LogP) is 5.07. The van der Waals surface area contributed by atoms with Gasteiger partial charge in [-0.25, -0.2) is 0 Å². The average molecular weight is 351 g/mol. The number of fused-ring (bicyclic) bond motifs is 2. The van der Waals surface area contributed by atoms with Crippen molar-refractivity contribution >= 4 is 22.7 Å². The summed E-state index contributed by atoms with van der Waals surface area (Å²) < 4.78 is 0. The number of hydrogen-bond acceptors (Lipinski definition) is 4. The van der Waals surface area contributed by atoms with Crippen molar-refractivity contribution in [3.05, 3.63) is 47.8 Å². The molecule has 138 valence electrons. The largest absolute Gasteiger partial charge is 0.352 e. The van der Waals surface area contributed by atoms with Crippen LogP contribution >= 0.6 is 0 Å². The van der Waals surface area contributed by atoms with E-state index in [-0.39, 0.29) is 0 Å². The Kier molecular flexibility index (Phi) is 4.66. The lowest BCUT2D eigenvalue weighted by Crippen LogP contribution is -2.32. The van der Waals surface area contributed by atoms with Crippen molar-refractivity contribution in [2.75, 3.05) is 46.8 Å².